The molecule has 57 heavy (non-hydrogen) atoms. The predicted molar refractivity (Wildman–Crippen MR) is 224 cm³/mol. The molecule has 0 saturated carbocycles. The Bertz CT molecular complexity index is 1200. The van der Waals surface area contributed by atoms with Crippen molar-refractivity contribution in [1.29, 1.82) is 0 Å². The van der Waals surface area contributed by atoms with E-state index < -0.39 is 71.2 Å². The molecule has 1 aliphatic rings. The first-order valence-electron chi connectivity index (χ1n) is 22.0. The summed E-state index contributed by atoms with van der Waals surface area (Å²) < 4.78 is 53.9. The summed E-state index contributed by atoms with van der Waals surface area (Å²) in [6.07, 6.45) is 29.1. The number of aliphatic hydroxyl groups excluding tert-OH is 3. The molecule has 0 bridgehead atoms. The van der Waals surface area contributed by atoms with Gasteiger partial charge in [-0.2, -0.15) is 8.42 Å². The van der Waals surface area contributed by atoms with E-state index in [-0.39, 0.29) is 19.4 Å². The Kier molecular flexibility index (Phi) is 32.2. The summed E-state index contributed by atoms with van der Waals surface area (Å²) in [5.74, 6) is -2.04. The van der Waals surface area contributed by atoms with Crippen LogP contribution in [-0.2, 0) is 38.7 Å². The number of unbranched alkanes of at least 4 members (excludes halogenated alkanes) is 18. The second-order valence-corrected chi connectivity index (χ2v) is 16.9. The van der Waals surface area contributed by atoms with Crippen LogP contribution in [0.4, 0.5) is 0 Å². The summed E-state index contributed by atoms with van der Waals surface area (Å²) in [4.78, 5) is 25.3. The van der Waals surface area contributed by atoms with Gasteiger partial charge in [0.2, 0.25) is 0 Å². The highest BCUT2D eigenvalue weighted by Crippen LogP contribution is 2.24. The Balaban J connectivity index is 2.50. The molecule has 1 heterocycles. The van der Waals surface area contributed by atoms with E-state index in [2.05, 4.69) is 50.3 Å². The minimum Gasteiger partial charge on any atom is -0.462 e. The van der Waals surface area contributed by atoms with E-state index in [0.29, 0.717) is 12.8 Å². The molecule has 1 aliphatic heterocycles. The van der Waals surface area contributed by atoms with Crippen molar-refractivity contribution in [1.82, 2.24) is 0 Å². The maximum atomic E-state index is 12.8. The smallest absolute Gasteiger partial charge is 0.306 e. The van der Waals surface area contributed by atoms with Gasteiger partial charge in [-0.05, 0) is 70.6 Å². The number of ether oxygens (including phenoxy) is 4. The molecule has 0 radical (unpaired) electrons. The first-order chi connectivity index (χ1) is 27.5. The predicted octanol–water partition coefficient (Wildman–Crippen LogP) is 8.61. The fourth-order valence-corrected chi connectivity index (χ4v) is 7.16. The molecule has 1 saturated heterocycles. The number of rotatable bonds is 36. The molecular formula is C44H78O12S. The lowest BCUT2D eigenvalue weighted by Crippen LogP contribution is -2.60. The van der Waals surface area contributed by atoms with Crippen LogP contribution in [0.25, 0.3) is 0 Å². The van der Waals surface area contributed by atoms with Crippen LogP contribution in [0, 0.1) is 0 Å². The molecule has 0 spiro atoms. The average molecular weight is 831 g/mol. The second kappa shape index (κ2) is 34.7. The van der Waals surface area contributed by atoms with Crippen LogP contribution in [0.2, 0.25) is 0 Å². The molecule has 1 fully saturated rings. The number of hydrogen-bond acceptors (Lipinski definition) is 11. The second-order valence-electron chi connectivity index (χ2n) is 15.4. The minimum absolute atomic E-state index is 0.148. The molecule has 0 aromatic rings. The van der Waals surface area contributed by atoms with E-state index in [0.717, 1.165) is 64.2 Å². The van der Waals surface area contributed by atoms with Gasteiger partial charge in [-0.3, -0.25) is 14.1 Å². The topological polar surface area (TPSA) is 186 Å². The monoisotopic (exact) mass is 831 g/mol. The Hall–Kier alpha value is -2.13. The van der Waals surface area contributed by atoms with Crippen LogP contribution in [0.5, 0.6) is 0 Å². The van der Waals surface area contributed by atoms with Crippen LogP contribution in [-0.4, -0.2) is 96.0 Å². The van der Waals surface area contributed by atoms with Crippen molar-refractivity contribution in [3.05, 3.63) is 36.5 Å². The molecule has 6 atom stereocenters. The highest BCUT2D eigenvalue weighted by Gasteiger charge is 2.46. The molecule has 332 valence electrons. The van der Waals surface area contributed by atoms with Crippen LogP contribution < -0.4 is 0 Å². The van der Waals surface area contributed by atoms with Gasteiger partial charge in [0.05, 0.1) is 6.61 Å². The first-order valence-corrected chi connectivity index (χ1v) is 23.7. The van der Waals surface area contributed by atoms with Crippen molar-refractivity contribution in [3.63, 3.8) is 0 Å². The summed E-state index contributed by atoms with van der Waals surface area (Å²) >= 11 is 0. The summed E-state index contributed by atoms with van der Waals surface area (Å²) in [5.41, 5.74) is 0. The fraction of sp³-hybridized carbons (Fsp3) is 0.818. The lowest BCUT2D eigenvalue weighted by atomic mass is 10.00. The standard InChI is InChI=1S/C44H78O12S/c1-3-5-7-9-11-13-15-17-19-21-22-24-26-28-30-32-39(45)53-34-37(35-54-44-43(49)42(48)41(47)38(56-44)36-57(50,51)52)55-40(46)33-31-29-27-25-23-20-18-16-14-12-10-8-6-4-2/h16-19,22,24,37-38,41-44,47-49H,3-15,20-21,23,25-36H2,1-2H3,(H,50,51,52)/b18-16+,19-17+,24-22+/t37-,38-,41-,42?,43?,44+/m1/s1. The maximum Gasteiger partial charge on any atom is 0.306 e. The number of allylic oxidation sites excluding steroid dienone is 6. The zero-order valence-corrected chi connectivity index (χ0v) is 36.0. The van der Waals surface area contributed by atoms with Crippen molar-refractivity contribution in [2.45, 2.75) is 211 Å². The number of aliphatic hydroxyl groups is 3. The van der Waals surface area contributed by atoms with E-state index >= 15 is 0 Å². The highest BCUT2D eigenvalue weighted by atomic mass is 32.2. The Morgan fingerprint density at radius 2 is 1.05 bits per heavy atom. The lowest BCUT2D eigenvalue weighted by Gasteiger charge is -2.40. The Morgan fingerprint density at radius 1 is 0.596 bits per heavy atom. The molecule has 4 N–H and O–H groups in total. The van der Waals surface area contributed by atoms with E-state index in [9.17, 15) is 37.9 Å². The molecule has 0 aromatic heterocycles. The molecule has 1 rings (SSSR count). The van der Waals surface area contributed by atoms with Crippen molar-refractivity contribution >= 4 is 22.1 Å². The van der Waals surface area contributed by atoms with Crippen molar-refractivity contribution in [3.8, 4) is 0 Å². The van der Waals surface area contributed by atoms with Crippen LogP contribution in [0.3, 0.4) is 0 Å². The van der Waals surface area contributed by atoms with Gasteiger partial charge >= 0.3 is 11.9 Å². The van der Waals surface area contributed by atoms with Crippen LogP contribution in [0.15, 0.2) is 36.5 Å². The summed E-state index contributed by atoms with van der Waals surface area (Å²) in [5, 5.41) is 30.8. The molecule has 12 nitrogen and oxygen atoms in total. The van der Waals surface area contributed by atoms with Crippen LogP contribution in [0.1, 0.15) is 174 Å². The number of carbonyl (C=O) groups excluding carboxylic acids is 2. The zero-order valence-electron chi connectivity index (χ0n) is 35.2. The number of esters is 2. The molecule has 0 aromatic carbocycles. The van der Waals surface area contributed by atoms with Gasteiger partial charge in [0.25, 0.3) is 10.1 Å². The third-order valence-electron chi connectivity index (χ3n) is 9.94. The third-order valence-corrected chi connectivity index (χ3v) is 10.7. The van der Waals surface area contributed by atoms with E-state index in [1.807, 2.05) is 0 Å². The number of carbonyl (C=O) groups is 2. The van der Waals surface area contributed by atoms with Crippen LogP contribution >= 0.6 is 0 Å². The van der Waals surface area contributed by atoms with E-state index in [1.54, 1.807) is 0 Å². The van der Waals surface area contributed by atoms with Gasteiger partial charge in [-0.15, -0.1) is 0 Å². The lowest BCUT2D eigenvalue weighted by molar-refractivity contribution is -0.297. The SMILES string of the molecule is CCCCCCC/C=C/CCCCCCCC(=O)O[C@H](COC(=O)CCCC/C=C/C/C=C/CCCCCCCC)CO[C@H]1O[C@H](CS(=O)(=O)O)[C@@H](O)C(O)C1O. The summed E-state index contributed by atoms with van der Waals surface area (Å²) in [6, 6.07) is 0. The normalized spacial score (nSPS) is 20.8. The third kappa shape index (κ3) is 29.7. The van der Waals surface area contributed by atoms with E-state index in [1.165, 1.54) is 70.6 Å². The van der Waals surface area contributed by atoms with Gasteiger partial charge in [-0.1, -0.05) is 127 Å². The molecule has 2 unspecified atom stereocenters. The van der Waals surface area contributed by atoms with Gasteiger partial charge < -0.3 is 34.3 Å². The average Bonchev–Trinajstić information content (AvgIpc) is 3.17. The highest BCUT2D eigenvalue weighted by molar-refractivity contribution is 7.85. The van der Waals surface area contributed by atoms with Crippen molar-refractivity contribution in [2.24, 2.45) is 0 Å². The molecule has 0 aliphatic carbocycles. The quantitative estimate of drug-likeness (QED) is 0.0204. The largest absolute Gasteiger partial charge is 0.462 e. The summed E-state index contributed by atoms with van der Waals surface area (Å²) in [6.45, 7) is 3.70. The zero-order chi connectivity index (χ0) is 42.0. The van der Waals surface area contributed by atoms with Crippen molar-refractivity contribution < 1.29 is 56.8 Å². The van der Waals surface area contributed by atoms with Gasteiger partial charge in [0.15, 0.2) is 12.4 Å². The van der Waals surface area contributed by atoms with Gasteiger partial charge in [-0.25, -0.2) is 0 Å². The fourth-order valence-electron chi connectivity index (χ4n) is 6.46. The van der Waals surface area contributed by atoms with Gasteiger partial charge in [0.1, 0.15) is 36.8 Å². The Morgan fingerprint density at radius 3 is 1.60 bits per heavy atom. The summed E-state index contributed by atoms with van der Waals surface area (Å²) in [7, 11) is -4.60. The minimum atomic E-state index is -4.60. The molecule has 0 amide bonds. The van der Waals surface area contributed by atoms with Crippen molar-refractivity contribution in [2.75, 3.05) is 19.0 Å². The Labute approximate surface area is 344 Å². The molecule has 13 heteroatoms. The number of hydrogen-bond donors (Lipinski definition) is 4. The first kappa shape index (κ1) is 52.9. The molecular weight excluding hydrogens is 753 g/mol. The maximum absolute atomic E-state index is 12.8. The van der Waals surface area contributed by atoms with E-state index in [4.69, 9.17) is 18.9 Å². The van der Waals surface area contributed by atoms with Gasteiger partial charge in [0, 0.05) is 12.8 Å².